The van der Waals surface area contributed by atoms with Gasteiger partial charge in [-0.05, 0) is 83.4 Å². The van der Waals surface area contributed by atoms with E-state index in [9.17, 15) is 24.6 Å². The van der Waals surface area contributed by atoms with Crippen LogP contribution in [0.5, 0.6) is 11.5 Å². The van der Waals surface area contributed by atoms with E-state index in [1.807, 2.05) is 20.8 Å². The van der Waals surface area contributed by atoms with Crippen molar-refractivity contribution in [2.24, 2.45) is 0 Å². The molecule has 0 aromatic heterocycles. The highest BCUT2D eigenvalue weighted by molar-refractivity contribution is 5.92. The largest absolute Gasteiger partial charge is 0.508 e. The number of rotatable bonds is 12. The molecule has 41 heavy (non-hydrogen) atoms. The highest BCUT2D eigenvalue weighted by Gasteiger charge is 2.37. The van der Waals surface area contributed by atoms with Crippen molar-refractivity contribution in [1.29, 1.82) is 0 Å². The van der Waals surface area contributed by atoms with Gasteiger partial charge in [-0.1, -0.05) is 50.5 Å². The Morgan fingerprint density at radius 3 is 2.12 bits per heavy atom. The molecule has 0 heterocycles. The topological polar surface area (TPSA) is 128 Å². The van der Waals surface area contributed by atoms with Gasteiger partial charge in [0.15, 0.2) is 0 Å². The van der Waals surface area contributed by atoms with Crippen LogP contribution in [0.4, 0.5) is 4.79 Å². The fraction of sp³-hybridized carbons (Fsp3) is 0.531. The van der Waals surface area contributed by atoms with E-state index >= 15 is 0 Å². The van der Waals surface area contributed by atoms with Gasteiger partial charge < -0.3 is 30.5 Å². The second kappa shape index (κ2) is 14.8. The molecule has 0 aliphatic carbocycles. The van der Waals surface area contributed by atoms with E-state index in [0.717, 1.165) is 19.3 Å². The zero-order chi connectivity index (χ0) is 30.8. The lowest BCUT2D eigenvalue weighted by molar-refractivity contribution is -0.143. The van der Waals surface area contributed by atoms with Crippen LogP contribution < -0.4 is 10.6 Å². The molecule has 2 aromatic rings. The Labute approximate surface area is 244 Å². The molecule has 0 bridgehead atoms. The Kier molecular flexibility index (Phi) is 12.0. The molecular weight excluding hydrogens is 522 g/mol. The van der Waals surface area contributed by atoms with Crippen molar-refractivity contribution in [2.75, 3.05) is 6.54 Å². The summed E-state index contributed by atoms with van der Waals surface area (Å²) in [5, 5.41) is 25.7. The van der Waals surface area contributed by atoms with Crippen LogP contribution in [0.2, 0.25) is 0 Å². The molecule has 0 radical (unpaired) electrons. The molecule has 2 atom stereocenters. The van der Waals surface area contributed by atoms with Crippen LogP contribution in [-0.2, 0) is 20.7 Å². The highest BCUT2D eigenvalue weighted by Crippen LogP contribution is 2.27. The first kappa shape index (κ1) is 33.5. The first-order valence-corrected chi connectivity index (χ1v) is 14.3. The minimum atomic E-state index is -1.07. The maximum absolute atomic E-state index is 14.4. The zero-order valence-corrected chi connectivity index (χ0v) is 25.5. The number of nitrogens with zero attached hydrogens (tertiary/aromatic N) is 1. The fourth-order valence-corrected chi connectivity index (χ4v) is 4.40. The Hall–Kier alpha value is -3.75. The second-order valence-corrected chi connectivity index (χ2v) is 12.4. The van der Waals surface area contributed by atoms with E-state index in [1.165, 1.54) is 29.2 Å². The number of carbonyl (C=O) groups is 3. The van der Waals surface area contributed by atoms with E-state index in [1.54, 1.807) is 45.0 Å². The monoisotopic (exact) mass is 569 g/mol. The number of unbranched alkanes of at least 4 members (excludes halogenated alkanes) is 3. The molecule has 0 spiro atoms. The molecule has 226 valence electrons. The quantitative estimate of drug-likeness (QED) is 0.247. The Morgan fingerprint density at radius 2 is 1.56 bits per heavy atom. The molecule has 3 amide bonds. The van der Waals surface area contributed by atoms with E-state index in [0.29, 0.717) is 17.5 Å². The van der Waals surface area contributed by atoms with Crippen LogP contribution in [0.25, 0.3) is 0 Å². The number of amides is 3. The molecule has 9 nitrogen and oxygen atoms in total. The number of phenolic OH excluding ortho intramolecular Hbond substituents is 2. The van der Waals surface area contributed by atoms with Gasteiger partial charge in [0.05, 0.1) is 0 Å². The molecule has 0 fully saturated rings. The number of phenols is 2. The number of aromatic hydroxyl groups is 2. The maximum atomic E-state index is 14.4. The third-order valence-electron chi connectivity index (χ3n) is 6.15. The van der Waals surface area contributed by atoms with Crippen LogP contribution >= 0.6 is 0 Å². The van der Waals surface area contributed by atoms with Crippen LogP contribution in [-0.4, -0.2) is 56.7 Å². The van der Waals surface area contributed by atoms with Crippen molar-refractivity contribution < 1.29 is 29.3 Å². The Morgan fingerprint density at radius 1 is 0.902 bits per heavy atom. The number of ether oxygens (including phenoxy) is 1. The van der Waals surface area contributed by atoms with Crippen molar-refractivity contribution in [3.63, 3.8) is 0 Å². The molecule has 9 heteroatoms. The summed E-state index contributed by atoms with van der Waals surface area (Å²) >= 11 is 0. The van der Waals surface area contributed by atoms with Gasteiger partial charge in [-0.3, -0.25) is 9.59 Å². The third-order valence-corrected chi connectivity index (χ3v) is 6.15. The molecule has 0 aliphatic rings. The number of benzene rings is 2. The first-order chi connectivity index (χ1) is 19.1. The van der Waals surface area contributed by atoms with Crippen molar-refractivity contribution in [2.45, 2.75) is 104 Å². The summed E-state index contributed by atoms with van der Waals surface area (Å²) in [7, 11) is 0. The predicted molar refractivity (Wildman–Crippen MR) is 160 cm³/mol. The Bertz CT molecular complexity index is 1150. The smallest absolute Gasteiger partial charge is 0.408 e. The summed E-state index contributed by atoms with van der Waals surface area (Å²) in [6.45, 7) is 13.1. The summed E-state index contributed by atoms with van der Waals surface area (Å²) < 4.78 is 5.47. The summed E-state index contributed by atoms with van der Waals surface area (Å²) in [6, 6.07) is 10.6. The zero-order valence-electron chi connectivity index (χ0n) is 25.5. The van der Waals surface area contributed by atoms with Gasteiger partial charge in [0, 0.05) is 18.5 Å². The highest BCUT2D eigenvalue weighted by atomic mass is 16.6. The van der Waals surface area contributed by atoms with E-state index in [4.69, 9.17) is 4.74 Å². The van der Waals surface area contributed by atoms with E-state index in [2.05, 4.69) is 17.6 Å². The molecular formula is C32H47N3O6. The number of hydrogen-bond acceptors (Lipinski definition) is 6. The van der Waals surface area contributed by atoms with E-state index < -0.39 is 41.1 Å². The molecule has 2 aromatic carbocycles. The first-order valence-electron chi connectivity index (χ1n) is 14.3. The number of nitrogens with one attached hydrogen (secondary N) is 2. The molecule has 2 unspecified atom stereocenters. The maximum Gasteiger partial charge on any atom is 0.408 e. The van der Waals surface area contributed by atoms with Crippen LogP contribution in [0.3, 0.4) is 0 Å². The fourth-order valence-electron chi connectivity index (χ4n) is 4.40. The van der Waals surface area contributed by atoms with Crippen molar-refractivity contribution in [3.05, 3.63) is 59.7 Å². The van der Waals surface area contributed by atoms with Crippen LogP contribution in [0.1, 0.15) is 91.3 Å². The van der Waals surface area contributed by atoms with Gasteiger partial charge in [-0.25, -0.2) is 4.79 Å². The van der Waals surface area contributed by atoms with Crippen LogP contribution in [0, 0.1) is 0 Å². The molecule has 0 saturated carbocycles. The lowest BCUT2D eigenvalue weighted by Gasteiger charge is -2.36. The van der Waals surface area contributed by atoms with Gasteiger partial charge >= 0.3 is 6.09 Å². The molecule has 2 rings (SSSR count). The normalized spacial score (nSPS) is 13.1. The minimum absolute atomic E-state index is 0.0260. The number of hydrogen-bond donors (Lipinski definition) is 4. The summed E-state index contributed by atoms with van der Waals surface area (Å²) in [5.41, 5.74) is -0.205. The van der Waals surface area contributed by atoms with Gasteiger partial charge in [0.2, 0.25) is 11.8 Å². The lowest BCUT2D eigenvalue weighted by atomic mass is 9.98. The second-order valence-electron chi connectivity index (χ2n) is 12.4. The standard InChI is InChI=1S/C32H47N3O6/c1-8-9-10-11-19-35(27(28(38)34-31(2,3)4)23-13-12-14-25(37)21-23)29(39)26(33-30(40)41-32(5,6)7)20-22-15-17-24(36)18-16-22/h12-18,21,26-27,36-37H,8-11,19-20H2,1-7H3,(H,33,40)(H,34,38). The molecule has 4 N–H and O–H groups in total. The molecule has 0 saturated heterocycles. The predicted octanol–water partition coefficient (Wildman–Crippen LogP) is 5.60. The van der Waals surface area contributed by atoms with Gasteiger partial charge in [-0.15, -0.1) is 0 Å². The summed E-state index contributed by atoms with van der Waals surface area (Å²) in [6.07, 6.45) is 2.83. The van der Waals surface area contributed by atoms with Crippen molar-refractivity contribution >= 4 is 17.9 Å². The number of carbonyl (C=O) groups excluding carboxylic acids is 3. The van der Waals surface area contributed by atoms with Gasteiger partial charge in [0.1, 0.15) is 29.2 Å². The number of alkyl carbamates (subject to hydrolysis) is 1. The van der Waals surface area contributed by atoms with Gasteiger partial charge in [0.25, 0.3) is 0 Å². The van der Waals surface area contributed by atoms with Crippen molar-refractivity contribution in [1.82, 2.24) is 15.5 Å². The van der Waals surface area contributed by atoms with Gasteiger partial charge in [-0.2, -0.15) is 0 Å². The SMILES string of the molecule is CCCCCCN(C(=O)C(Cc1ccc(O)cc1)NC(=O)OC(C)(C)C)C(C(=O)NC(C)(C)C)c1cccc(O)c1. The third kappa shape index (κ3) is 11.7. The summed E-state index contributed by atoms with van der Waals surface area (Å²) in [4.78, 5) is 42.6. The van der Waals surface area contributed by atoms with Crippen molar-refractivity contribution in [3.8, 4) is 11.5 Å². The van der Waals surface area contributed by atoms with E-state index in [-0.39, 0.29) is 24.5 Å². The Balaban J connectivity index is 2.58. The van der Waals surface area contributed by atoms with Crippen LogP contribution in [0.15, 0.2) is 48.5 Å². The minimum Gasteiger partial charge on any atom is -0.508 e. The lowest BCUT2D eigenvalue weighted by Crippen LogP contribution is -2.55. The average molecular weight is 570 g/mol. The summed E-state index contributed by atoms with van der Waals surface area (Å²) in [5.74, 6) is -0.801. The molecule has 0 aliphatic heterocycles. The average Bonchev–Trinajstić information content (AvgIpc) is 2.84.